The molecule has 2 atom stereocenters. The van der Waals surface area contributed by atoms with Gasteiger partial charge in [-0.1, -0.05) is 13.3 Å². The number of aromatic nitrogens is 1. The van der Waals surface area contributed by atoms with Crippen LogP contribution in [-0.4, -0.2) is 10.5 Å². The number of nitrogens with two attached hydrogens (primary N) is 1. The van der Waals surface area contributed by atoms with Crippen LogP contribution in [0.4, 0.5) is 0 Å². The zero-order chi connectivity index (χ0) is 10.0. The Kier molecular flexibility index (Phi) is 2.55. The van der Waals surface area contributed by atoms with Gasteiger partial charge >= 0.3 is 0 Å². The van der Waals surface area contributed by atoms with Crippen LogP contribution in [0.25, 0.3) is 0 Å². The zero-order valence-corrected chi connectivity index (χ0v) is 8.74. The predicted molar refractivity (Wildman–Crippen MR) is 57.9 cm³/mol. The van der Waals surface area contributed by atoms with Gasteiger partial charge in [0.05, 0.1) is 0 Å². The van der Waals surface area contributed by atoms with Crippen LogP contribution in [0.5, 0.6) is 0 Å². The molecule has 1 aromatic heterocycles. The average molecular weight is 190 g/mol. The third-order valence-corrected chi connectivity index (χ3v) is 3.20. The van der Waals surface area contributed by atoms with E-state index in [1.54, 1.807) is 0 Å². The number of nitrogens with zero attached hydrogens (tertiary/aromatic N) is 1. The second-order valence-corrected chi connectivity index (χ2v) is 4.46. The normalized spacial score (nSPS) is 30.3. The maximum atomic E-state index is 6.29. The molecule has 1 aliphatic carbocycles. The van der Waals surface area contributed by atoms with Gasteiger partial charge in [-0.15, -0.1) is 0 Å². The van der Waals surface area contributed by atoms with E-state index in [0.717, 1.165) is 12.3 Å². The van der Waals surface area contributed by atoms with Crippen molar-refractivity contribution in [2.24, 2.45) is 11.7 Å². The molecule has 1 aromatic rings. The molecule has 1 saturated carbocycles. The molecule has 0 radical (unpaired) electrons. The highest BCUT2D eigenvalue weighted by Crippen LogP contribution is 2.46. The molecule has 0 aliphatic heterocycles. The number of hydrogen-bond donors (Lipinski definition) is 1. The minimum Gasteiger partial charge on any atom is -0.325 e. The Morgan fingerprint density at radius 2 is 2.21 bits per heavy atom. The molecule has 2 N–H and O–H groups in total. The highest BCUT2D eigenvalue weighted by Gasteiger charge is 2.49. The van der Waals surface area contributed by atoms with Crippen LogP contribution in [0.2, 0.25) is 0 Å². The second-order valence-electron chi connectivity index (χ2n) is 4.46. The van der Waals surface area contributed by atoms with Gasteiger partial charge in [0.2, 0.25) is 0 Å². The third kappa shape index (κ3) is 1.95. The Labute approximate surface area is 85.5 Å². The van der Waals surface area contributed by atoms with Crippen molar-refractivity contribution in [2.45, 2.75) is 38.1 Å². The summed E-state index contributed by atoms with van der Waals surface area (Å²) >= 11 is 0. The smallest absolute Gasteiger partial charge is 0.0270 e. The molecular weight excluding hydrogens is 172 g/mol. The Balaban J connectivity index is 1.94. The van der Waals surface area contributed by atoms with Gasteiger partial charge in [0.1, 0.15) is 0 Å². The van der Waals surface area contributed by atoms with Crippen LogP contribution in [0.15, 0.2) is 24.5 Å². The van der Waals surface area contributed by atoms with Gasteiger partial charge in [0, 0.05) is 17.9 Å². The first kappa shape index (κ1) is 9.66. The van der Waals surface area contributed by atoms with Gasteiger partial charge in [-0.3, -0.25) is 4.98 Å². The third-order valence-electron chi connectivity index (χ3n) is 3.20. The summed E-state index contributed by atoms with van der Waals surface area (Å²) in [6, 6.07) is 4.13. The van der Waals surface area contributed by atoms with Gasteiger partial charge in [-0.2, -0.15) is 0 Å². The van der Waals surface area contributed by atoms with Crippen LogP contribution in [0.3, 0.4) is 0 Å². The fourth-order valence-electron chi connectivity index (χ4n) is 2.23. The van der Waals surface area contributed by atoms with E-state index in [1.807, 2.05) is 12.4 Å². The summed E-state index contributed by atoms with van der Waals surface area (Å²) in [5.74, 6) is 0.751. The topological polar surface area (TPSA) is 38.9 Å². The van der Waals surface area contributed by atoms with Gasteiger partial charge in [0.25, 0.3) is 0 Å². The Hall–Kier alpha value is -0.890. The van der Waals surface area contributed by atoms with E-state index in [0.29, 0.717) is 0 Å². The first-order chi connectivity index (χ1) is 6.74. The van der Waals surface area contributed by atoms with E-state index in [1.165, 1.54) is 24.8 Å². The maximum absolute atomic E-state index is 6.29. The summed E-state index contributed by atoms with van der Waals surface area (Å²) in [6.07, 6.45) is 8.43. The molecule has 2 rings (SSSR count). The standard InChI is InChI=1S/C12H18N2/c1-2-3-11-9-12(11,13)8-10-4-6-14-7-5-10/h4-7,11H,2-3,8-9,13H2,1H3. The summed E-state index contributed by atoms with van der Waals surface area (Å²) in [7, 11) is 0. The average Bonchev–Trinajstić information content (AvgIpc) is 2.78. The molecule has 1 heterocycles. The number of hydrogen-bond acceptors (Lipinski definition) is 2. The van der Waals surface area contributed by atoms with Crippen molar-refractivity contribution < 1.29 is 0 Å². The minimum atomic E-state index is 0.0946. The first-order valence-electron chi connectivity index (χ1n) is 5.42. The van der Waals surface area contributed by atoms with Crippen molar-refractivity contribution in [1.82, 2.24) is 4.98 Å². The molecule has 2 nitrogen and oxygen atoms in total. The van der Waals surface area contributed by atoms with Crippen LogP contribution >= 0.6 is 0 Å². The first-order valence-corrected chi connectivity index (χ1v) is 5.42. The van der Waals surface area contributed by atoms with Crippen LogP contribution in [0, 0.1) is 5.92 Å². The lowest BCUT2D eigenvalue weighted by Crippen LogP contribution is -2.27. The fraction of sp³-hybridized carbons (Fsp3) is 0.583. The minimum absolute atomic E-state index is 0.0946. The summed E-state index contributed by atoms with van der Waals surface area (Å²) < 4.78 is 0. The van der Waals surface area contributed by atoms with E-state index in [-0.39, 0.29) is 5.54 Å². The zero-order valence-electron chi connectivity index (χ0n) is 8.74. The molecule has 2 unspecified atom stereocenters. The lowest BCUT2D eigenvalue weighted by molar-refractivity contribution is 0.556. The second kappa shape index (κ2) is 3.70. The Morgan fingerprint density at radius 1 is 1.50 bits per heavy atom. The molecule has 0 spiro atoms. The number of pyridine rings is 1. The lowest BCUT2D eigenvalue weighted by Gasteiger charge is -2.10. The van der Waals surface area contributed by atoms with Crippen molar-refractivity contribution in [2.75, 3.05) is 0 Å². The fourth-order valence-corrected chi connectivity index (χ4v) is 2.23. The van der Waals surface area contributed by atoms with E-state index in [2.05, 4.69) is 24.0 Å². The molecule has 1 fully saturated rings. The Bertz CT molecular complexity index is 296. The van der Waals surface area contributed by atoms with E-state index in [4.69, 9.17) is 5.73 Å². The Morgan fingerprint density at radius 3 is 2.86 bits per heavy atom. The number of rotatable bonds is 4. The highest BCUT2D eigenvalue weighted by atomic mass is 14.9. The van der Waals surface area contributed by atoms with Crippen molar-refractivity contribution in [3.05, 3.63) is 30.1 Å². The lowest BCUT2D eigenvalue weighted by atomic mass is 10.0. The quantitative estimate of drug-likeness (QED) is 0.790. The van der Waals surface area contributed by atoms with Gasteiger partial charge in [-0.25, -0.2) is 0 Å². The highest BCUT2D eigenvalue weighted by molar-refractivity contribution is 5.20. The van der Waals surface area contributed by atoms with Crippen molar-refractivity contribution in [3.8, 4) is 0 Å². The molecule has 0 saturated heterocycles. The predicted octanol–water partition coefficient (Wildman–Crippen LogP) is 2.14. The summed E-state index contributed by atoms with van der Waals surface area (Å²) in [4.78, 5) is 4.01. The monoisotopic (exact) mass is 190 g/mol. The summed E-state index contributed by atoms with van der Waals surface area (Å²) in [5, 5.41) is 0. The van der Waals surface area contributed by atoms with Gasteiger partial charge in [0.15, 0.2) is 0 Å². The molecule has 0 amide bonds. The van der Waals surface area contributed by atoms with Gasteiger partial charge < -0.3 is 5.73 Å². The summed E-state index contributed by atoms with van der Waals surface area (Å²) in [5.41, 5.74) is 7.70. The van der Waals surface area contributed by atoms with Crippen LogP contribution in [0.1, 0.15) is 31.7 Å². The summed E-state index contributed by atoms with van der Waals surface area (Å²) in [6.45, 7) is 2.23. The van der Waals surface area contributed by atoms with Crippen LogP contribution in [-0.2, 0) is 6.42 Å². The molecule has 0 aromatic carbocycles. The van der Waals surface area contributed by atoms with E-state index < -0.39 is 0 Å². The molecule has 2 heteroatoms. The van der Waals surface area contributed by atoms with Crippen molar-refractivity contribution in [3.63, 3.8) is 0 Å². The molecule has 0 bridgehead atoms. The van der Waals surface area contributed by atoms with Crippen molar-refractivity contribution in [1.29, 1.82) is 0 Å². The molecular formula is C12H18N2. The maximum Gasteiger partial charge on any atom is 0.0270 e. The SMILES string of the molecule is CCCC1CC1(N)Cc1ccncc1. The molecule has 14 heavy (non-hydrogen) atoms. The molecule has 76 valence electrons. The van der Waals surface area contributed by atoms with Gasteiger partial charge in [-0.05, 0) is 42.9 Å². The largest absolute Gasteiger partial charge is 0.325 e. The van der Waals surface area contributed by atoms with Crippen molar-refractivity contribution >= 4 is 0 Å². The van der Waals surface area contributed by atoms with Crippen LogP contribution < -0.4 is 5.73 Å². The van der Waals surface area contributed by atoms with E-state index in [9.17, 15) is 0 Å². The molecule has 1 aliphatic rings. The van der Waals surface area contributed by atoms with E-state index >= 15 is 0 Å².